The third-order valence-corrected chi connectivity index (χ3v) is 9.35. The number of unbranched alkanes of at least 4 members (excludes halogenated alkanes) is 1. The van der Waals surface area contributed by atoms with Gasteiger partial charge in [-0.3, -0.25) is 14.4 Å². The average molecular weight is 654 g/mol. The van der Waals surface area contributed by atoms with Crippen LogP contribution in [0.4, 0.5) is 22.7 Å². The van der Waals surface area contributed by atoms with E-state index in [4.69, 9.17) is 4.74 Å². The van der Waals surface area contributed by atoms with Crippen LogP contribution in [0.15, 0.2) is 71.5 Å². The average Bonchev–Trinajstić information content (AvgIpc) is 3.56. The van der Waals surface area contributed by atoms with Crippen LogP contribution in [0.25, 0.3) is 16.8 Å². The number of pyridine rings is 1. The quantitative estimate of drug-likeness (QED) is 0.147. The van der Waals surface area contributed by atoms with Gasteiger partial charge in [-0.25, -0.2) is 0 Å². The predicted octanol–water partition coefficient (Wildman–Crippen LogP) is 7.41. The molecule has 1 saturated heterocycles. The van der Waals surface area contributed by atoms with Crippen LogP contribution in [0.1, 0.15) is 59.5 Å². The SMILES string of the molecule is C=C(Nc1cccc(-c2cc(Nc3ccc(C(=O)N4CCOCC4)c(NC(=O)CC)c3)c(=O)n(C)c2)c1C)c1cc(CCCC)cs1. The van der Waals surface area contributed by atoms with Crippen LogP contribution in [0.3, 0.4) is 0 Å². The van der Waals surface area contributed by atoms with Crippen LogP contribution in [-0.2, 0) is 23.0 Å². The van der Waals surface area contributed by atoms with Crippen LogP contribution in [0.2, 0.25) is 0 Å². The van der Waals surface area contributed by atoms with E-state index in [-0.39, 0.29) is 23.8 Å². The van der Waals surface area contributed by atoms with Gasteiger partial charge in [-0.2, -0.15) is 0 Å². The summed E-state index contributed by atoms with van der Waals surface area (Å²) in [5.74, 6) is -0.384. The number of hydrogen-bond donors (Lipinski definition) is 3. The van der Waals surface area contributed by atoms with Crippen molar-refractivity contribution in [3.05, 3.63) is 98.6 Å². The number of thiophene rings is 1. The summed E-state index contributed by atoms with van der Waals surface area (Å²) in [6.45, 7) is 12.2. The zero-order valence-electron chi connectivity index (χ0n) is 27.6. The second kappa shape index (κ2) is 15.3. The highest BCUT2D eigenvalue weighted by molar-refractivity contribution is 7.11. The highest BCUT2D eigenvalue weighted by Crippen LogP contribution is 2.33. The fraction of sp³-hybridized carbons (Fsp3) is 0.324. The van der Waals surface area contributed by atoms with Gasteiger partial charge < -0.3 is 30.2 Å². The second-order valence-electron chi connectivity index (χ2n) is 11.8. The maximum Gasteiger partial charge on any atom is 0.274 e. The molecule has 0 spiro atoms. The van der Waals surface area contributed by atoms with E-state index >= 15 is 0 Å². The zero-order valence-corrected chi connectivity index (χ0v) is 28.4. The van der Waals surface area contributed by atoms with Crippen molar-refractivity contribution in [3.8, 4) is 11.1 Å². The molecule has 0 unspecified atom stereocenters. The van der Waals surface area contributed by atoms with E-state index < -0.39 is 0 Å². The molecule has 47 heavy (non-hydrogen) atoms. The molecule has 0 bridgehead atoms. The number of hydrogen-bond acceptors (Lipinski definition) is 7. The Morgan fingerprint density at radius 2 is 1.79 bits per heavy atom. The molecular weight excluding hydrogens is 611 g/mol. The van der Waals surface area contributed by atoms with E-state index in [1.807, 2.05) is 30.5 Å². The third-order valence-electron chi connectivity index (χ3n) is 8.31. The molecule has 0 radical (unpaired) electrons. The van der Waals surface area contributed by atoms with E-state index in [0.29, 0.717) is 48.9 Å². The van der Waals surface area contributed by atoms with E-state index in [0.717, 1.165) is 39.4 Å². The molecule has 2 amide bonds. The Bertz CT molecular complexity index is 1840. The molecule has 3 heterocycles. The standard InChI is InChI=1S/C37H43N5O4S/c1-6-8-10-26-19-34(47-23-26)25(4)38-31-12-9-11-29(24(31)3)27-20-33(37(45)41(5)22-27)39-28-13-14-30(32(21-28)40-35(43)7-2)36(44)42-15-17-46-18-16-42/h9,11-14,19-23,38-39H,4,6-8,10,15-18H2,1-3,5H3,(H,40,43). The molecule has 0 atom stereocenters. The first-order valence-corrected chi connectivity index (χ1v) is 17.0. The summed E-state index contributed by atoms with van der Waals surface area (Å²) in [7, 11) is 1.72. The number of benzene rings is 2. The summed E-state index contributed by atoms with van der Waals surface area (Å²) in [6, 6.07) is 15.2. The maximum atomic E-state index is 13.3. The Morgan fingerprint density at radius 3 is 2.53 bits per heavy atom. The van der Waals surface area contributed by atoms with Gasteiger partial charge in [-0.1, -0.05) is 39.0 Å². The minimum Gasteiger partial charge on any atom is -0.378 e. The Labute approximate surface area is 280 Å². The van der Waals surface area contributed by atoms with E-state index in [1.54, 1.807) is 53.0 Å². The van der Waals surface area contributed by atoms with Crippen LogP contribution in [-0.4, -0.2) is 47.6 Å². The molecule has 1 aliphatic rings. The normalized spacial score (nSPS) is 12.9. The second-order valence-corrected chi connectivity index (χ2v) is 12.7. The van der Waals surface area contributed by atoms with Gasteiger partial charge in [0.25, 0.3) is 11.5 Å². The van der Waals surface area contributed by atoms with Gasteiger partial charge in [0.15, 0.2) is 0 Å². The highest BCUT2D eigenvalue weighted by atomic mass is 32.1. The number of nitrogens with one attached hydrogen (secondary N) is 3. The smallest absolute Gasteiger partial charge is 0.274 e. The monoisotopic (exact) mass is 653 g/mol. The molecule has 0 aliphatic carbocycles. The van der Waals surface area contributed by atoms with Crippen molar-refractivity contribution < 1.29 is 14.3 Å². The molecule has 2 aromatic heterocycles. The van der Waals surface area contributed by atoms with Crippen LogP contribution >= 0.6 is 11.3 Å². The maximum absolute atomic E-state index is 13.3. The fourth-order valence-corrected chi connectivity index (χ4v) is 6.42. The first-order chi connectivity index (χ1) is 22.7. The molecule has 9 nitrogen and oxygen atoms in total. The summed E-state index contributed by atoms with van der Waals surface area (Å²) in [4.78, 5) is 41.9. The van der Waals surface area contributed by atoms with Crippen molar-refractivity contribution in [1.29, 1.82) is 0 Å². The fourth-order valence-electron chi connectivity index (χ4n) is 5.55. The summed E-state index contributed by atoms with van der Waals surface area (Å²) < 4.78 is 6.95. The predicted molar refractivity (Wildman–Crippen MR) is 193 cm³/mol. The minimum absolute atomic E-state index is 0.174. The van der Waals surface area contributed by atoms with Crippen molar-refractivity contribution in [2.24, 2.45) is 7.05 Å². The van der Waals surface area contributed by atoms with Gasteiger partial charge in [-0.15, -0.1) is 11.3 Å². The highest BCUT2D eigenvalue weighted by Gasteiger charge is 2.22. The number of amides is 2. The van der Waals surface area contributed by atoms with Crippen molar-refractivity contribution in [1.82, 2.24) is 9.47 Å². The van der Waals surface area contributed by atoms with Gasteiger partial charge in [0.2, 0.25) is 5.91 Å². The number of carbonyl (C=O) groups excluding carboxylic acids is 2. The van der Waals surface area contributed by atoms with E-state index in [1.165, 1.54) is 18.4 Å². The van der Waals surface area contributed by atoms with Gasteiger partial charge in [0.05, 0.1) is 29.3 Å². The first kappa shape index (κ1) is 33.7. The Hall–Kier alpha value is -4.67. The third kappa shape index (κ3) is 8.01. The Balaban J connectivity index is 1.41. The van der Waals surface area contributed by atoms with Crippen LogP contribution < -0.4 is 21.5 Å². The number of anilines is 4. The number of rotatable bonds is 12. The number of morpholine rings is 1. The molecule has 5 rings (SSSR count). The zero-order chi connectivity index (χ0) is 33.5. The van der Waals surface area contributed by atoms with Gasteiger partial charge in [0, 0.05) is 55.4 Å². The van der Waals surface area contributed by atoms with Crippen molar-refractivity contribution in [3.63, 3.8) is 0 Å². The summed E-state index contributed by atoms with van der Waals surface area (Å²) in [5.41, 5.74) is 7.49. The van der Waals surface area contributed by atoms with Gasteiger partial charge in [0.1, 0.15) is 5.69 Å². The van der Waals surface area contributed by atoms with Crippen LogP contribution in [0.5, 0.6) is 0 Å². The number of aryl methyl sites for hydroxylation is 2. The lowest BCUT2D eigenvalue weighted by Gasteiger charge is -2.27. The van der Waals surface area contributed by atoms with Gasteiger partial charge >= 0.3 is 0 Å². The molecule has 246 valence electrons. The van der Waals surface area contributed by atoms with E-state index in [9.17, 15) is 14.4 Å². The summed E-state index contributed by atoms with van der Waals surface area (Å²) in [6.07, 6.45) is 5.50. The van der Waals surface area contributed by atoms with E-state index in [2.05, 4.69) is 47.8 Å². The largest absolute Gasteiger partial charge is 0.378 e. The Morgan fingerprint density at radius 1 is 1.00 bits per heavy atom. The van der Waals surface area contributed by atoms with Crippen molar-refractivity contribution in [2.75, 3.05) is 42.3 Å². The molecule has 1 fully saturated rings. The summed E-state index contributed by atoms with van der Waals surface area (Å²) >= 11 is 1.70. The lowest BCUT2D eigenvalue weighted by atomic mass is 9.99. The molecule has 2 aromatic carbocycles. The van der Waals surface area contributed by atoms with Crippen LogP contribution in [0, 0.1) is 6.92 Å². The topological polar surface area (TPSA) is 105 Å². The Kier molecular flexibility index (Phi) is 11.0. The number of carbonyl (C=O) groups is 2. The van der Waals surface area contributed by atoms with Gasteiger partial charge in [-0.05, 0) is 78.2 Å². The molecule has 4 aromatic rings. The van der Waals surface area contributed by atoms with Crippen molar-refractivity contribution in [2.45, 2.75) is 46.5 Å². The first-order valence-electron chi connectivity index (χ1n) is 16.1. The molecule has 10 heteroatoms. The number of aromatic nitrogens is 1. The molecule has 0 saturated carbocycles. The number of ether oxygens (including phenoxy) is 1. The molecule has 1 aliphatic heterocycles. The molecular formula is C37H43N5O4S. The lowest BCUT2D eigenvalue weighted by molar-refractivity contribution is -0.115. The minimum atomic E-state index is -0.210. The lowest BCUT2D eigenvalue weighted by Crippen LogP contribution is -2.41. The summed E-state index contributed by atoms with van der Waals surface area (Å²) in [5, 5.41) is 11.8. The van der Waals surface area contributed by atoms with Crippen molar-refractivity contribution >= 4 is 51.6 Å². The molecule has 3 N–H and O–H groups in total. The number of nitrogens with zero attached hydrogens (tertiary/aromatic N) is 2.